The highest BCUT2D eigenvalue weighted by Crippen LogP contribution is 2.61. The second-order valence-electron chi connectivity index (χ2n) is 7.03. The minimum atomic E-state index is -0.582. The van der Waals surface area contributed by atoms with Crippen molar-refractivity contribution in [2.24, 2.45) is 23.2 Å². The van der Waals surface area contributed by atoms with Crippen molar-refractivity contribution < 1.29 is 4.92 Å². The Morgan fingerprint density at radius 2 is 2.14 bits per heavy atom. The summed E-state index contributed by atoms with van der Waals surface area (Å²) in [5.74, 6) is 1.28. The maximum Gasteiger partial charge on any atom is 0.412 e. The summed E-state index contributed by atoms with van der Waals surface area (Å²) in [7, 11) is 0. The highest BCUT2D eigenvalue weighted by Gasteiger charge is 2.56. The van der Waals surface area contributed by atoms with Gasteiger partial charge < -0.3 is 15.4 Å². The Bertz CT molecular complexity index is 687. The molecule has 120 valence electrons. The second-order valence-corrected chi connectivity index (χ2v) is 7.82. The van der Waals surface area contributed by atoms with Crippen LogP contribution in [0.3, 0.4) is 0 Å². The molecule has 1 aromatic heterocycles. The van der Waals surface area contributed by atoms with Crippen LogP contribution in [0.25, 0.3) is 0 Å². The molecular formula is C14H19BrN4O3. The lowest BCUT2D eigenvalue weighted by atomic mass is 9.45. The molecule has 1 heterocycles. The third kappa shape index (κ3) is 2.15. The molecule has 1 aromatic rings. The molecule has 0 amide bonds. The molecule has 2 N–H and O–H groups in total. The number of nitro groups is 1. The lowest BCUT2D eigenvalue weighted by Gasteiger charge is -2.62. The zero-order valence-electron chi connectivity index (χ0n) is 12.7. The summed E-state index contributed by atoms with van der Waals surface area (Å²) in [6.45, 7) is 6.78. The standard InChI is InChI=1S/C14H19BrN4O3/c1-6-8-4-7(14(8,2)3)5-9(6)16-11-10(15)13(20)18-17-12(11)19(21)22/h6-9H,4-5H2,1-3H3,(H2,16,18,20)/t6-,7-,8+,9-/m1/s1. The number of halogens is 1. The summed E-state index contributed by atoms with van der Waals surface area (Å²) in [5.41, 5.74) is 0.0550. The molecule has 8 heteroatoms. The van der Waals surface area contributed by atoms with Crippen LogP contribution in [0.5, 0.6) is 0 Å². The van der Waals surface area contributed by atoms with Gasteiger partial charge >= 0.3 is 5.82 Å². The fourth-order valence-corrected chi connectivity index (χ4v) is 4.59. The van der Waals surface area contributed by atoms with E-state index in [1.165, 1.54) is 6.42 Å². The van der Waals surface area contributed by atoms with Gasteiger partial charge in [-0.05, 0) is 56.9 Å². The summed E-state index contributed by atoms with van der Waals surface area (Å²) in [6.07, 6.45) is 2.18. The first-order chi connectivity index (χ1) is 10.2. The predicted octanol–water partition coefficient (Wildman–Crippen LogP) is 2.92. The Kier molecular flexibility index (Phi) is 3.54. The molecule has 0 aromatic carbocycles. The molecule has 4 atom stereocenters. The number of hydrogen-bond donors (Lipinski definition) is 2. The Labute approximate surface area is 136 Å². The molecule has 0 spiro atoms. The minimum Gasteiger partial charge on any atom is -0.374 e. The van der Waals surface area contributed by atoms with Crippen LogP contribution in [0, 0.1) is 33.3 Å². The Morgan fingerprint density at radius 3 is 2.68 bits per heavy atom. The topological polar surface area (TPSA) is 101 Å². The van der Waals surface area contributed by atoms with Gasteiger partial charge in [0, 0.05) is 6.04 Å². The molecule has 4 rings (SSSR count). The smallest absolute Gasteiger partial charge is 0.374 e. The highest BCUT2D eigenvalue weighted by atomic mass is 79.9. The average Bonchev–Trinajstić information content (AvgIpc) is 2.44. The van der Waals surface area contributed by atoms with E-state index in [2.05, 4.69) is 52.2 Å². The summed E-state index contributed by atoms with van der Waals surface area (Å²) in [5, 5.41) is 20.1. The summed E-state index contributed by atoms with van der Waals surface area (Å²) in [6, 6.07) is 0.121. The predicted molar refractivity (Wildman–Crippen MR) is 85.8 cm³/mol. The first kappa shape index (κ1) is 15.5. The van der Waals surface area contributed by atoms with Gasteiger partial charge in [0.1, 0.15) is 4.47 Å². The zero-order valence-corrected chi connectivity index (χ0v) is 14.3. The maximum absolute atomic E-state index is 11.7. The van der Waals surface area contributed by atoms with E-state index in [0.717, 1.165) is 6.42 Å². The van der Waals surface area contributed by atoms with Crippen LogP contribution >= 0.6 is 15.9 Å². The van der Waals surface area contributed by atoms with Crippen LogP contribution in [-0.2, 0) is 0 Å². The van der Waals surface area contributed by atoms with E-state index in [0.29, 0.717) is 23.2 Å². The highest BCUT2D eigenvalue weighted by molar-refractivity contribution is 9.10. The Morgan fingerprint density at radius 1 is 1.45 bits per heavy atom. The molecule has 3 aliphatic carbocycles. The van der Waals surface area contributed by atoms with Crippen LogP contribution in [0.2, 0.25) is 0 Å². The van der Waals surface area contributed by atoms with E-state index in [9.17, 15) is 14.9 Å². The number of nitrogens with one attached hydrogen (secondary N) is 2. The van der Waals surface area contributed by atoms with Crippen LogP contribution in [0.15, 0.2) is 9.27 Å². The largest absolute Gasteiger partial charge is 0.412 e. The third-order valence-electron chi connectivity index (χ3n) is 5.76. The van der Waals surface area contributed by atoms with Crippen molar-refractivity contribution in [2.45, 2.75) is 39.7 Å². The quantitative estimate of drug-likeness (QED) is 0.629. The average molecular weight is 371 g/mol. The van der Waals surface area contributed by atoms with Gasteiger partial charge in [0.05, 0.1) is 5.10 Å². The van der Waals surface area contributed by atoms with Gasteiger partial charge in [0.2, 0.25) is 0 Å². The lowest BCUT2D eigenvalue weighted by molar-refractivity contribution is -0.389. The first-order valence-corrected chi connectivity index (χ1v) is 8.22. The number of H-pyrrole nitrogens is 1. The molecular weight excluding hydrogens is 352 g/mol. The van der Waals surface area contributed by atoms with Crippen LogP contribution < -0.4 is 10.9 Å². The Balaban J connectivity index is 1.90. The summed E-state index contributed by atoms with van der Waals surface area (Å²) < 4.78 is 0.139. The van der Waals surface area contributed by atoms with E-state index in [1.54, 1.807) is 0 Å². The maximum atomic E-state index is 11.7. The molecule has 3 saturated carbocycles. The molecule has 0 unspecified atom stereocenters. The van der Waals surface area contributed by atoms with Crippen molar-refractivity contribution >= 4 is 27.4 Å². The van der Waals surface area contributed by atoms with Crippen molar-refractivity contribution in [2.75, 3.05) is 5.32 Å². The number of fused-ring (bicyclic) bond motifs is 2. The number of rotatable bonds is 3. The SMILES string of the molecule is C[C@H]1[C@H](Nc2c([N+](=O)[O-])n[nH]c(=O)c2Br)C[C@H]2C[C@@H]1C2(C)C. The number of nitrogens with zero attached hydrogens (tertiary/aromatic N) is 2. The summed E-state index contributed by atoms with van der Waals surface area (Å²) >= 11 is 3.14. The summed E-state index contributed by atoms with van der Waals surface area (Å²) in [4.78, 5) is 22.2. The van der Waals surface area contributed by atoms with Gasteiger partial charge in [0.15, 0.2) is 5.69 Å². The number of aromatic amines is 1. The second kappa shape index (κ2) is 5.04. The van der Waals surface area contributed by atoms with Crippen LogP contribution in [0.4, 0.5) is 11.5 Å². The zero-order chi connectivity index (χ0) is 16.2. The van der Waals surface area contributed by atoms with Gasteiger partial charge in [-0.1, -0.05) is 20.8 Å². The van der Waals surface area contributed by atoms with Gasteiger partial charge in [0.25, 0.3) is 5.56 Å². The van der Waals surface area contributed by atoms with E-state index in [4.69, 9.17) is 0 Å². The van der Waals surface area contributed by atoms with E-state index in [-0.39, 0.29) is 22.0 Å². The fraction of sp³-hybridized carbons (Fsp3) is 0.714. The Hall–Kier alpha value is -1.44. The molecule has 0 radical (unpaired) electrons. The van der Waals surface area contributed by atoms with Crippen molar-refractivity contribution in [1.29, 1.82) is 0 Å². The number of anilines is 1. The van der Waals surface area contributed by atoms with Crippen LogP contribution in [0.1, 0.15) is 33.6 Å². The molecule has 3 aliphatic rings. The van der Waals surface area contributed by atoms with E-state index >= 15 is 0 Å². The van der Waals surface area contributed by atoms with E-state index < -0.39 is 10.5 Å². The van der Waals surface area contributed by atoms with Gasteiger partial charge in [-0.2, -0.15) is 0 Å². The van der Waals surface area contributed by atoms with Gasteiger partial charge in [-0.25, -0.2) is 0 Å². The molecule has 7 nitrogen and oxygen atoms in total. The number of aromatic nitrogens is 2. The first-order valence-electron chi connectivity index (χ1n) is 7.42. The molecule has 3 fully saturated rings. The van der Waals surface area contributed by atoms with Crippen LogP contribution in [-0.4, -0.2) is 21.2 Å². The minimum absolute atomic E-state index is 0.121. The third-order valence-corrected chi connectivity index (χ3v) is 6.52. The van der Waals surface area contributed by atoms with Crippen molar-refractivity contribution in [1.82, 2.24) is 10.2 Å². The molecule has 22 heavy (non-hydrogen) atoms. The monoisotopic (exact) mass is 370 g/mol. The molecule has 0 aliphatic heterocycles. The van der Waals surface area contributed by atoms with Gasteiger partial charge in [-0.3, -0.25) is 4.79 Å². The molecule has 2 bridgehead atoms. The van der Waals surface area contributed by atoms with Gasteiger partial charge in [-0.15, -0.1) is 5.10 Å². The lowest BCUT2D eigenvalue weighted by Crippen LogP contribution is -2.58. The molecule has 0 saturated heterocycles. The van der Waals surface area contributed by atoms with Crippen molar-refractivity contribution in [3.05, 3.63) is 24.9 Å². The number of hydrogen-bond acceptors (Lipinski definition) is 5. The van der Waals surface area contributed by atoms with Crippen molar-refractivity contribution in [3.63, 3.8) is 0 Å². The van der Waals surface area contributed by atoms with Crippen molar-refractivity contribution in [3.8, 4) is 0 Å². The normalized spacial score (nSPS) is 32.2. The van der Waals surface area contributed by atoms with E-state index in [1.807, 2.05) is 0 Å². The fourth-order valence-electron chi connectivity index (χ4n) is 4.21.